The molecule has 0 fully saturated rings. The Morgan fingerprint density at radius 1 is 1.60 bits per heavy atom. The first-order chi connectivity index (χ1) is 4.45. The highest BCUT2D eigenvalue weighted by Crippen LogP contribution is 2.08. The molecule has 0 amide bonds. The molecular weight excluding hydrogens is 130 g/mol. The Balaban J connectivity index is 3.56. The summed E-state index contributed by atoms with van der Waals surface area (Å²) in [5.74, 6) is 0. The molecule has 0 heterocycles. The molecule has 0 aromatic rings. The van der Waals surface area contributed by atoms with Crippen molar-refractivity contribution in [1.82, 2.24) is 0 Å². The van der Waals surface area contributed by atoms with E-state index in [-0.39, 0.29) is 12.1 Å². The second kappa shape index (κ2) is 3.68. The van der Waals surface area contributed by atoms with Crippen LogP contribution in [0, 0.1) is 0 Å². The number of nitrogens with zero attached hydrogens (tertiary/aromatic N) is 1. The molecule has 0 aromatic heterocycles. The van der Waals surface area contributed by atoms with Gasteiger partial charge in [0.05, 0.1) is 12.1 Å². The van der Waals surface area contributed by atoms with Crippen molar-refractivity contribution >= 4 is 6.72 Å². The van der Waals surface area contributed by atoms with Crippen LogP contribution in [0.15, 0.2) is 4.99 Å². The van der Waals surface area contributed by atoms with Crippen molar-refractivity contribution < 1.29 is 9.84 Å². The molecule has 1 atom stereocenters. The van der Waals surface area contributed by atoms with E-state index in [9.17, 15) is 0 Å². The van der Waals surface area contributed by atoms with Gasteiger partial charge in [0.15, 0.2) is 6.29 Å². The SMILES string of the molecule is C=NCC(O)OC(C)(C)C. The van der Waals surface area contributed by atoms with Gasteiger partial charge in [-0.2, -0.15) is 0 Å². The van der Waals surface area contributed by atoms with Gasteiger partial charge in [0, 0.05) is 0 Å². The minimum atomic E-state index is -0.822. The van der Waals surface area contributed by atoms with Crippen LogP contribution in [0.3, 0.4) is 0 Å². The highest BCUT2D eigenvalue weighted by Gasteiger charge is 2.15. The van der Waals surface area contributed by atoms with Gasteiger partial charge in [0.2, 0.25) is 0 Å². The smallest absolute Gasteiger partial charge is 0.174 e. The van der Waals surface area contributed by atoms with Crippen molar-refractivity contribution in [3.63, 3.8) is 0 Å². The summed E-state index contributed by atoms with van der Waals surface area (Å²) in [6.45, 7) is 9.10. The van der Waals surface area contributed by atoms with Gasteiger partial charge in [-0.25, -0.2) is 0 Å². The Kier molecular flexibility index (Phi) is 3.53. The van der Waals surface area contributed by atoms with Crippen molar-refractivity contribution in [1.29, 1.82) is 0 Å². The van der Waals surface area contributed by atoms with Crippen LogP contribution < -0.4 is 0 Å². The van der Waals surface area contributed by atoms with Gasteiger partial charge in [0.1, 0.15) is 0 Å². The van der Waals surface area contributed by atoms with Crippen LogP contribution in [0.25, 0.3) is 0 Å². The van der Waals surface area contributed by atoms with E-state index in [1.54, 1.807) is 0 Å². The molecule has 3 nitrogen and oxygen atoms in total. The summed E-state index contributed by atoms with van der Waals surface area (Å²) in [7, 11) is 0. The standard InChI is InChI=1S/C7H15NO2/c1-7(2,3)10-6(9)5-8-4/h6,9H,4-5H2,1-3H3. The molecule has 0 saturated carbocycles. The third-order valence-corrected chi connectivity index (χ3v) is 0.775. The van der Waals surface area contributed by atoms with Crippen LogP contribution in [-0.2, 0) is 4.74 Å². The minimum absolute atomic E-state index is 0.233. The summed E-state index contributed by atoms with van der Waals surface area (Å²) < 4.78 is 5.10. The van der Waals surface area contributed by atoms with E-state index in [4.69, 9.17) is 9.84 Å². The zero-order valence-electron chi connectivity index (χ0n) is 6.79. The molecular formula is C7H15NO2. The largest absolute Gasteiger partial charge is 0.366 e. The number of ether oxygens (including phenoxy) is 1. The van der Waals surface area contributed by atoms with Gasteiger partial charge < -0.3 is 9.84 Å². The van der Waals surface area contributed by atoms with Crippen molar-refractivity contribution in [2.24, 2.45) is 4.99 Å². The highest BCUT2D eigenvalue weighted by molar-refractivity contribution is 5.23. The van der Waals surface area contributed by atoms with Gasteiger partial charge in [-0.1, -0.05) is 0 Å². The first-order valence-corrected chi connectivity index (χ1v) is 3.24. The van der Waals surface area contributed by atoms with Gasteiger partial charge in [-0.3, -0.25) is 4.99 Å². The van der Waals surface area contributed by atoms with Crippen molar-refractivity contribution in [3.8, 4) is 0 Å². The van der Waals surface area contributed by atoms with E-state index in [1.807, 2.05) is 20.8 Å². The molecule has 3 heteroatoms. The van der Waals surface area contributed by atoms with Crippen LogP contribution in [0.1, 0.15) is 20.8 Å². The molecule has 10 heavy (non-hydrogen) atoms. The molecule has 0 bridgehead atoms. The predicted octanol–water partition coefficient (Wildman–Crippen LogP) is 0.821. The predicted molar refractivity (Wildman–Crippen MR) is 41.3 cm³/mol. The summed E-state index contributed by atoms with van der Waals surface area (Å²) >= 11 is 0. The van der Waals surface area contributed by atoms with Crippen LogP contribution in [0.2, 0.25) is 0 Å². The summed E-state index contributed by atoms with van der Waals surface area (Å²) in [6, 6.07) is 0. The summed E-state index contributed by atoms with van der Waals surface area (Å²) in [5.41, 5.74) is -0.315. The van der Waals surface area contributed by atoms with Crippen LogP contribution in [-0.4, -0.2) is 30.3 Å². The van der Waals surface area contributed by atoms with E-state index in [1.165, 1.54) is 0 Å². The van der Waals surface area contributed by atoms with Gasteiger partial charge in [0.25, 0.3) is 0 Å². The average molecular weight is 145 g/mol. The van der Waals surface area contributed by atoms with E-state index >= 15 is 0 Å². The average Bonchev–Trinajstić information content (AvgIpc) is 1.59. The number of hydrogen-bond donors (Lipinski definition) is 1. The fourth-order valence-electron chi connectivity index (χ4n) is 0.556. The molecule has 0 radical (unpaired) electrons. The zero-order chi connectivity index (χ0) is 8.20. The second-order valence-electron chi connectivity index (χ2n) is 3.09. The van der Waals surface area contributed by atoms with E-state index in [0.717, 1.165) is 0 Å². The fourth-order valence-corrected chi connectivity index (χ4v) is 0.556. The Bertz CT molecular complexity index is 107. The molecule has 0 rings (SSSR count). The molecule has 60 valence electrons. The molecule has 0 saturated heterocycles. The summed E-state index contributed by atoms with van der Waals surface area (Å²) in [5, 5.41) is 9.03. The van der Waals surface area contributed by atoms with Crippen LogP contribution in [0.5, 0.6) is 0 Å². The zero-order valence-corrected chi connectivity index (χ0v) is 6.79. The number of aliphatic hydroxyl groups is 1. The number of hydrogen-bond acceptors (Lipinski definition) is 3. The van der Waals surface area contributed by atoms with E-state index < -0.39 is 6.29 Å². The maximum absolute atomic E-state index is 9.03. The van der Waals surface area contributed by atoms with Crippen LogP contribution in [0.4, 0.5) is 0 Å². The van der Waals surface area contributed by atoms with Crippen molar-refractivity contribution in [2.75, 3.05) is 6.54 Å². The maximum atomic E-state index is 9.03. The van der Waals surface area contributed by atoms with Crippen molar-refractivity contribution in [2.45, 2.75) is 32.7 Å². The van der Waals surface area contributed by atoms with E-state index in [0.29, 0.717) is 0 Å². The Morgan fingerprint density at radius 3 is 2.40 bits per heavy atom. The summed E-state index contributed by atoms with van der Waals surface area (Å²) in [4.78, 5) is 3.49. The topological polar surface area (TPSA) is 41.8 Å². The Morgan fingerprint density at radius 2 is 2.10 bits per heavy atom. The number of aliphatic hydroxyl groups excluding tert-OH is 1. The van der Waals surface area contributed by atoms with Crippen molar-refractivity contribution in [3.05, 3.63) is 0 Å². The Labute approximate surface area is 61.7 Å². The molecule has 0 aromatic carbocycles. The molecule has 0 aliphatic heterocycles. The third-order valence-electron chi connectivity index (χ3n) is 0.775. The minimum Gasteiger partial charge on any atom is -0.366 e. The lowest BCUT2D eigenvalue weighted by Gasteiger charge is -2.22. The first-order valence-electron chi connectivity index (χ1n) is 3.24. The molecule has 0 aliphatic carbocycles. The number of aliphatic imine (C=N–C) groups is 1. The molecule has 1 unspecified atom stereocenters. The lowest BCUT2D eigenvalue weighted by molar-refractivity contribution is -0.158. The normalized spacial score (nSPS) is 14.8. The maximum Gasteiger partial charge on any atom is 0.174 e. The monoisotopic (exact) mass is 145 g/mol. The lowest BCUT2D eigenvalue weighted by atomic mass is 10.2. The number of rotatable bonds is 3. The van der Waals surface area contributed by atoms with Gasteiger partial charge in [-0.15, -0.1) is 0 Å². The quantitative estimate of drug-likeness (QED) is 0.472. The second-order valence-corrected chi connectivity index (χ2v) is 3.09. The third kappa shape index (κ3) is 5.72. The fraction of sp³-hybridized carbons (Fsp3) is 0.857. The molecule has 1 N–H and O–H groups in total. The molecule has 0 spiro atoms. The highest BCUT2D eigenvalue weighted by atomic mass is 16.6. The molecule has 0 aliphatic rings. The van der Waals surface area contributed by atoms with Crippen LogP contribution >= 0.6 is 0 Å². The lowest BCUT2D eigenvalue weighted by Crippen LogP contribution is -2.28. The first kappa shape index (κ1) is 9.59. The van der Waals surface area contributed by atoms with E-state index in [2.05, 4.69) is 11.7 Å². The summed E-state index contributed by atoms with van der Waals surface area (Å²) in [6.07, 6.45) is -0.822. The Hall–Kier alpha value is -0.410. The van der Waals surface area contributed by atoms with Gasteiger partial charge in [-0.05, 0) is 27.5 Å². The van der Waals surface area contributed by atoms with Gasteiger partial charge >= 0.3 is 0 Å².